The Balaban J connectivity index is 1.71. The summed E-state index contributed by atoms with van der Waals surface area (Å²) in [6, 6.07) is 5.47. The van der Waals surface area contributed by atoms with Crippen molar-refractivity contribution in [3.63, 3.8) is 0 Å². The van der Waals surface area contributed by atoms with Gasteiger partial charge in [0.1, 0.15) is 17.5 Å². The first-order valence-electron chi connectivity index (χ1n) is 7.52. The van der Waals surface area contributed by atoms with Gasteiger partial charge in [-0.05, 0) is 30.7 Å². The molecule has 9 heteroatoms. The van der Waals surface area contributed by atoms with Crippen LogP contribution >= 0.6 is 0 Å². The van der Waals surface area contributed by atoms with Crippen molar-refractivity contribution < 1.29 is 22.0 Å². The van der Waals surface area contributed by atoms with Crippen LogP contribution in [0, 0.1) is 11.6 Å². The second kappa shape index (κ2) is 6.75. The number of aromatic nitrogens is 1. The SMILES string of the molecule is O=C(Nc1ccc(F)cc1F)c1ccnc(NC2CCS(=O)(=O)C2)c1. The van der Waals surface area contributed by atoms with Gasteiger partial charge in [-0.15, -0.1) is 0 Å². The van der Waals surface area contributed by atoms with Crippen LogP contribution in [0.4, 0.5) is 20.3 Å². The summed E-state index contributed by atoms with van der Waals surface area (Å²) >= 11 is 0. The van der Waals surface area contributed by atoms with Crippen LogP contribution in [-0.4, -0.2) is 36.9 Å². The van der Waals surface area contributed by atoms with Crippen molar-refractivity contribution >= 4 is 27.2 Å². The van der Waals surface area contributed by atoms with E-state index >= 15 is 0 Å². The summed E-state index contributed by atoms with van der Waals surface area (Å²) in [7, 11) is -3.03. The Morgan fingerprint density at radius 1 is 1.20 bits per heavy atom. The molecular formula is C16H15F2N3O3S. The molecule has 132 valence electrons. The summed E-state index contributed by atoms with van der Waals surface area (Å²) in [4.78, 5) is 16.3. The molecule has 2 N–H and O–H groups in total. The Morgan fingerprint density at radius 2 is 2.00 bits per heavy atom. The van der Waals surface area contributed by atoms with Crippen LogP contribution in [-0.2, 0) is 9.84 Å². The molecule has 0 aliphatic carbocycles. The fraction of sp³-hybridized carbons (Fsp3) is 0.250. The van der Waals surface area contributed by atoms with Gasteiger partial charge in [0.15, 0.2) is 9.84 Å². The van der Waals surface area contributed by atoms with Gasteiger partial charge in [0.25, 0.3) is 5.91 Å². The molecule has 2 aromatic rings. The number of amides is 1. The van der Waals surface area contributed by atoms with Gasteiger partial charge in [-0.3, -0.25) is 4.79 Å². The lowest BCUT2D eigenvalue weighted by atomic mass is 10.2. The average molecular weight is 367 g/mol. The van der Waals surface area contributed by atoms with E-state index < -0.39 is 27.4 Å². The number of nitrogens with zero attached hydrogens (tertiary/aromatic N) is 1. The third kappa shape index (κ3) is 4.30. The fourth-order valence-corrected chi connectivity index (χ4v) is 4.23. The highest BCUT2D eigenvalue weighted by Crippen LogP contribution is 2.19. The van der Waals surface area contributed by atoms with Crippen LogP contribution in [0.5, 0.6) is 0 Å². The molecule has 0 spiro atoms. The molecule has 1 fully saturated rings. The summed E-state index contributed by atoms with van der Waals surface area (Å²) in [6.45, 7) is 0. The molecule has 0 radical (unpaired) electrons. The first kappa shape index (κ1) is 17.3. The summed E-state index contributed by atoms with van der Waals surface area (Å²) in [6.07, 6.45) is 1.86. The van der Waals surface area contributed by atoms with Gasteiger partial charge in [0.05, 0.1) is 17.2 Å². The van der Waals surface area contributed by atoms with Gasteiger partial charge in [0.2, 0.25) is 0 Å². The topological polar surface area (TPSA) is 88.2 Å². The molecule has 25 heavy (non-hydrogen) atoms. The van der Waals surface area contributed by atoms with Gasteiger partial charge in [0, 0.05) is 23.9 Å². The number of nitrogens with one attached hydrogen (secondary N) is 2. The molecule has 1 atom stereocenters. The maximum absolute atomic E-state index is 13.6. The Hall–Kier alpha value is -2.55. The second-order valence-corrected chi connectivity index (χ2v) is 7.98. The Bertz CT molecular complexity index is 919. The lowest BCUT2D eigenvalue weighted by molar-refractivity contribution is 0.102. The van der Waals surface area contributed by atoms with Crippen molar-refractivity contribution in [3.05, 3.63) is 53.7 Å². The minimum atomic E-state index is -3.03. The predicted molar refractivity (Wildman–Crippen MR) is 89.2 cm³/mol. The third-order valence-electron chi connectivity index (χ3n) is 3.79. The van der Waals surface area contributed by atoms with Crippen LogP contribution in [0.3, 0.4) is 0 Å². The summed E-state index contributed by atoms with van der Waals surface area (Å²) in [5, 5.41) is 5.34. The van der Waals surface area contributed by atoms with Gasteiger partial charge in [-0.25, -0.2) is 22.2 Å². The number of carbonyl (C=O) groups excluding carboxylic acids is 1. The molecule has 2 heterocycles. The van der Waals surface area contributed by atoms with Gasteiger partial charge < -0.3 is 10.6 Å². The van der Waals surface area contributed by atoms with Crippen LogP contribution < -0.4 is 10.6 Å². The van der Waals surface area contributed by atoms with E-state index in [-0.39, 0.29) is 28.8 Å². The quantitative estimate of drug-likeness (QED) is 0.865. The van der Waals surface area contributed by atoms with Crippen molar-refractivity contribution in [3.8, 4) is 0 Å². The molecule has 1 saturated heterocycles. The zero-order chi connectivity index (χ0) is 18.0. The number of anilines is 2. The lowest BCUT2D eigenvalue weighted by Crippen LogP contribution is -2.21. The number of benzene rings is 1. The minimum absolute atomic E-state index is 0.0197. The number of pyridine rings is 1. The normalized spacial score (nSPS) is 18.7. The van der Waals surface area contributed by atoms with Crippen LogP contribution in [0.15, 0.2) is 36.5 Å². The monoisotopic (exact) mass is 367 g/mol. The fourth-order valence-electron chi connectivity index (χ4n) is 2.55. The zero-order valence-electron chi connectivity index (χ0n) is 13.0. The van der Waals surface area contributed by atoms with Crippen molar-refractivity contribution in [2.24, 2.45) is 0 Å². The summed E-state index contributed by atoms with van der Waals surface area (Å²) in [5.74, 6) is -1.71. The number of sulfone groups is 1. The standard InChI is InChI=1S/C16H15F2N3O3S/c17-11-1-2-14(13(18)8-11)21-16(22)10-3-5-19-15(7-10)20-12-4-6-25(23,24)9-12/h1-3,5,7-8,12H,4,6,9H2,(H,19,20)(H,21,22). The Kier molecular flexibility index (Phi) is 4.67. The molecule has 1 aromatic heterocycles. The molecule has 1 aliphatic rings. The van der Waals surface area contributed by atoms with E-state index in [1.165, 1.54) is 18.3 Å². The molecule has 6 nitrogen and oxygen atoms in total. The summed E-state index contributed by atoms with van der Waals surface area (Å²) in [5.41, 5.74) is 0.0710. The zero-order valence-corrected chi connectivity index (χ0v) is 13.8. The van der Waals surface area contributed by atoms with Crippen LogP contribution in [0.25, 0.3) is 0 Å². The minimum Gasteiger partial charge on any atom is -0.366 e. The molecule has 0 saturated carbocycles. The van der Waals surface area contributed by atoms with Crippen molar-refractivity contribution in [1.82, 2.24) is 4.98 Å². The first-order chi connectivity index (χ1) is 11.8. The molecule has 1 aliphatic heterocycles. The van der Waals surface area contributed by atoms with Crippen LogP contribution in [0.1, 0.15) is 16.8 Å². The highest BCUT2D eigenvalue weighted by atomic mass is 32.2. The molecule has 1 aromatic carbocycles. The average Bonchev–Trinajstić information content (AvgIpc) is 2.89. The number of hydrogen-bond donors (Lipinski definition) is 2. The van der Waals surface area contributed by atoms with Crippen LogP contribution in [0.2, 0.25) is 0 Å². The predicted octanol–water partition coefficient (Wildman–Crippen LogP) is 2.21. The maximum atomic E-state index is 13.6. The molecule has 3 rings (SSSR count). The number of halogens is 2. The van der Waals surface area contributed by atoms with Crippen molar-refractivity contribution in [1.29, 1.82) is 0 Å². The van der Waals surface area contributed by atoms with E-state index in [9.17, 15) is 22.0 Å². The first-order valence-corrected chi connectivity index (χ1v) is 9.34. The molecule has 1 unspecified atom stereocenters. The van der Waals surface area contributed by atoms with Gasteiger partial charge >= 0.3 is 0 Å². The third-order valence-corrected chi connectivity index (χ3v) is 5.55. The maximum Gasteiger partial charge on any atom is 0.255 e. The van der Waals surface area contributed by atoms with E-state index in [0.717, 1.165) is 12.1 Å². The highest BCUT2D eigenvalue weighted by molar-refractivity contribution is 7.91. The largest absolute Gasteiger partial charge is 0.366 e. The van der Waals surface area contributed by atoms with E-state index in [4.69, 9.17) is 0 Å². The Morgan fingerprint density at radius 3 is 2.68 bits per heavy atom. The smallest absolute Gasteiger partial charge is 0.255 e. The molecule has 1 amide bonds. The van der Waals surface area contributed by atoms with Crippen molar-refractivity contribution in [2.45, 2.75) is 12.5 Å². The van der Waals surface area contributed by atoms with E-state index in [1.807, 2.05) is 0 Å². The molecule has 0 bridgehead atoms. The molecular weight excluding hydrogens is 352 g/mol. The van der Waals surface area contributed by atoms with E-state index in [0.29, 0.717) is 18.3 Å². The number of rotatable bonds is 4. The van der Waals surface area contributed by atoms with E-state index in [1.54, 1.807) is 0 Å². The second-order valence-electron chi connectivity index (χ2n) is 5.75. The lowest BCUT2D eigenvalue weighted by Gasteiger charge is -2.12. The van der Waals surface area contributed by atoms with Gasteiger partial charge in [-0.2, -0.15) is 0 Å². The number of hydrogen-bond acceptors (Lipinski definition) is 5. The Labute approximate surface area is 143 Å². The van der Waals surface area contributed by atoms with Gasteiger partial charge in [-0.1, -0.05) is 0 Å². The van der Waals surface area contributed by atoms with E-state index in [2.05, 4.69) is 15.6 Å². The highest BCUT2D eigenvalue weighted by Gasteiger charge is 2.28. The number of carbonyl (C=O) groups is 1. The summed E-state index contributed by atoms with van der Waals surface area (Å²) < 4.78 is 49.5. The van der Waals surface area contributed by atoms with Crippen molar-refractivity contribution in [2.75, 3.05) is 22.1 Å².